The summed E-state index contributed by atoms with van der Waals surface area (Å²) in [5.41, 5.74) is 7.20. The number of rotatable bonds is 4. The fraction of sp³-hybridized carbons (Fsp3) is 0.238. The minimum atomic E-state index is -4.45. The van der Waals surface area contributed by atoms with E-state index in [9.17, 15) is 18.0 Å². The third-order valence-electron chi connectivity index (χ3n) is 4.92. The van der Waals surface area contributed by atoms with Gasteiger partial charge in [0, 0.05) is 37.7 Å². The highest BCUT2D eigenvalue weighted by Gasteiger charge is 2.30. The number of benzene rings is 1. The van der Waals surface area contributed by atoms with Gasteiger partial charge in [0.15, 0.2) is 5.78 Å². The smallest absolute Gasteiger partial charge is 0.368 e. The summed E-state index contributed by atoms with van der Waals surface area (Å²) in [7, 11) is 0. The van der Waals surface area contributed by atoms with E-state index in [-0.39, 0.29) is 23.8 Å². The zero-order valence-corrected chi connectivity index (χ0v) is 15.9. The van der Waals surface area contributed by atoms with Crippen LogP contribution in [0, 0.1) is 0 Å². The highest BCUT2D eigenvalue weighted by molar-refractivity contribution is 5.96. The van der Waals surface area contributed by atoms with Gasteiger partial charge in [-0.2, -0.15) is 13.2 Å². The van der Waals surface area contributed by atoms with Gasteiger partial charge in [-0.25, -0.2) is 15.0 Å². The fourth-order valence-corrected chi connectivity index (χ4v) is 3.42. The molecule has 1 aliphatic heterocycles. The highest BCUT2D eigenvalue weighted by Crippen LogP contribution is 2.30. The number of hydrogen-bond donors (Lipinski definition) is 1. The number of pyridine rings is 1. The van der Waals surface area contributed by atoms with Gasteiger partial charge in [-0.1, -0.05) is 24.3 Å². The molecule has 3 aromatic rings. The van der Waals surface area contributed by atoms with Crippen LogP contribution < -0.4 is 10.6 Å². The summed E-state index contributed by atoms with van der Waals surface area (Å²) in [4.78, 5) is 27.4. The van der Waals surface area contributed by atoms with Crippen LogP contribution in [-0.4, -0.2) is 27.3 Å². The quantitative estimate of drug-likeness (QED) is 0.660. The first kappa shape index (κ1) is 19.8. The molecule has 9 heteroatoms. The Hall–Kier alpha value is -3.49. The number of nitrogens with two attached hydrogens (primary N) is 1. The molecule has 2 N–H and O–H groups in total. The lowest BCUT2D eigenvalue weighted by atomic mass is 10.0. The molecular weight excluding hydrogens is 395 g/mol. The van der Waals surface area contributed by atoms with Crippen LogP contribution in [0.25, 0.3) is 0 Å². The summed E-state index contributed by atoms with van der Waals surface area (Å²) >= 11 is 0. The van der Waals surface area contributed by atoms with Crippen LogP contribution in [0.5, 0.6) is 0 Å². The van der Waals surface area contributed by atoms with Crippen molar-refractivity contribution in [3.8, 4) is 0 Å². The molecule has 3 heterocycles. The SMILES string of the molecule is Nc1ncc2c(n1)CCN(c1cccc(C(=O)Cc3cccc(C(F)(F)F)c3)n1)C2. The third kappa shape index (κ3) is 4.24. The average molecular weight is 413 g/mol. The Kier molecular flexibility index (Phi) is 5.11. The standard InChI is InChI=1S/C21H18F3N5O/c22-21(23,24)15-4-1-3-13(9-15)10-18(30)17-5-2-6-19(27-17)29-8-7-16-14(12-29)11-26-20(25)28-16/h1-6,9,11H,7-8,10,12H2,(H2,25,26,28). The highest BCUT2D eigenvalue weighted by atomic mass is 19.4. The molecule has 2 aromatic heterocycles. The van der Waals surface area contributed by atoms with Crippen molar-refractivity contribution in [2.45, 2.75) is 25.6 Å². The van der Waals surface area contributed by atoms with E-state index in [2.05, 4.69) is 15.0 Å². The Morgan fingerprint density at radius 1 is 1.13 bits per heavy atom. The zero-order chi connectivity index (χ0) is 21.3. The number of Topliss-reactive ketones (excluding diaryl/α,β-unsaturated/α-hetero) is 1. The lowest BCUT2D eigenvalue weighted by molar-refractivity contribution is -0.137. The molecule has 0 amide bonds. The van der Waals surface area contributed by atoms with Gasteiger partial charge in [-0.15, -0.1) is 0 Å². The molecule has 6 nitrogen and oxygen atoms in total. The molecule has 0 aliphatic carbocycles. The summed E-state index contributed by atoms with van der Waals surface area (Å²) in [6, 6.07) is 9.87. The summed E-state index contributed by atoms with van der Waals surface area (Å²) in [5, 5.41) is 0. The van der Waals surface area contributed by atoms with Crippen LogP contribution in [0.2, 0.25) is 0 Å². The average Bonchev–Trinajstić information content (AvgIpc) is 2.73. The van der Waals surface area contributed by atoms with Crippen LogP contribution in [0.1, 0.15) is 32.9 Å². The van der Waals surface area contributed by atoms with E-state index in [0.29, 0.717) is 30.9 Å². The van der Waals surface area contributed by atoms with Crippen molar-refractivity contribution >= 4 is 17.5 Å². The maximum absolute atomic E-state index is 12.9. The molecule has 0 saturated heterocycles. The van der Waals surface area contributed by atoms with Crippen molar-refractivity contribution in [2.24, 2.45) is 0 Å². The van der Waals surface area contributed by atoms with E-state index in [4.69, 9.17) is 5.73 Å². The Morgan fingerprint density at radius 3 is 2.73 bits per heavy atom. The molecule has 0 unspecified atom stereocenters. The van der Waals surface area contributed by atoms with Crippen LogP contribution in [0.15, 0.2) is 48.7 Å². The van der Waals surface area contributed by atoms with Crippen LogP contribution >= 0.6 is 0 Å². The molecule has 0 saturated carbocycles. The van der Waals surface area contributed by atoms with E-state index in [1.165, 1.54) is 12.1 Å². The van der Waals surface area contributed by atoms with Gasteiger partial charge in [0.25, 0.3) is 0 Å². The zero-order valence-electron chi connectivity index (χ0n) is 15.9. The first-order chi connectivity index (χ1) is 14.3. The molecule has 154 valence electrons. The molecule has 0 spiro atoms. The van der Waals surface area contributed by atoms with Crippen molar-refractivity contribution in [3.05, 3.63) is 76.7 Å². The monoisotopic (exact) mass is 413 g/mol. The van der Waals surface area contributed by atoms with Gasteiger partial charge in [-0.05, 0) is 23.8 Å². The van der Waals surface area contributed by atoms with Crippen LogP contribution in [0.3, 0.4) is 0 Å². The summed E-state index contributed by atoms with van der Waals surface area (Å²) in [6.45, 7) is 1.19. The molecule has 1 aromatic carbocycles. The predicted molar refractivity (Wildman–Crippen MR) is 105 cm³/mol. The Bertz CT molecular complexity index is 1100. The molecule has 0 bridgehead atoms. The minimum Gasteiger partial charge on any atom is -0.368 e. The predicted octanol–water partition coefficient (Wildman–Crippen LogP) is 3.46. The normalized spacial score (nSPS) is 13.8. The number of anilines is 2. The van der Waals surface area contributed by atoms with Crippen molar-refractivity contribution in [1.29, 1.82) is 0 Å². The second-order valence-electron chi connectivity index (χ2n) is 7.05. The lowest BCUT2D eigenvalue weighted by Crippen LogP contribution is -2.32. The van der Waals surface area contributed by atoms with Crippen molar-refractivity contribution in [1.82, 2.24) is 15.0 Å². The number of nitrogen functional groups attached to an aromatic ring is 1. The third-order valence-corrected chi connectivity index (χ3v) is 4.92. The van der Waals surface area contributed by atoms with Crippen LogP contribution in [-0.2, 0) is 25.6 Å². The van der Waals surface area contributed by atoms with Gasteiger partial charge in [0.05, 0.1) is 11.3 Å². The Morgan fingerprint density at radius 2 is 1.93 bits per heavy atom. The number of nitrogens with zero attached hydrogens (tertiary/aromatic N) is 4. The minimum absolute atomic E-state index is 0.156. The van der Waals surface area contributed by atoms with E-state index in [0.717, 1.165) is 23.4 Å². The van der Waals surface area contributed by atoms with E-state index in [1.807, 2.05) is 4.90 Å². The Balaban J connectivity index is 1.51. The van der Waals surface area contributed by atoms with Gasteiger partial charge in [0.1, 0.15) is 11.5 Å². The maximum Gasteiger partial charge on any atom is 0.416 e. The van der Waals surface area contributed by atoms with Gasteiger partial charge >= 0.3 is 6.18 Å². The summed E-state index contributed by atoms with van der Waals surface area (Å²) < 4.78 is 38.7. The first-order valence-corrected chi connectivity index (χ1v) is 9.31. The largest absolute Gasteiger partial charge is 0.416 e. The van der Waals surface area contributed by atoms with Crippen LogP contribution in [0.4, 0.5) is 24.9 Å². The second-order valence-corrected chi connectivity index (χ2v) is 7.05. The van der Waals surface area contributed by atoms with Gasteiger partial charge in [0.2, 0.25) is 5.95 Å². The molecule has 0 radical (unpaired) electrons. The number of hydrogen-bond acceptors (Lipinski definition) is 6. The number of carbonyl (C=O) groups is 1. The maximum atomic E-state index is 12.9. The molecule has 4 rings (SSSR count). The molecular formula is C21H18F3N5O. The van der Waals surface area contributed by atoms with Crippen molar-refractivity contribution in [3.63, 3.8) is 0 Å². The topological polar surface area (TPSA) is 85.0 Å². The fourth-order valence-electron chi connectivity index (χ4n) is 3.42. The number of carbonyl (C=O) groups excluding carboxylic acids is 1. The van der Waals surface area contributed by atoms with E-state index in [1.54, 1.807) is 24.4 Å². The number of fused-ring (bicyclic) bond motifs is 1. The van der Waals surface area contributed by atoms with Crippen molar-refractivity contribution < 1.29 is 18.0 Å². The van der Waals surface area contributed by atoms with Gasteiger partial charge < -0.3 is 10.6 Å². The Labute approximate surface area is 170 Å². The van der Waals surface area contributed by atoms with E-state index >= 15 is 0 Å². The number of alkyl halides is 3. The summed E-state index contributed by atoms with van der Waals surface area (Å²) in [5.74, 6) is 0.513. The number of ketones is 1. The van der Waals surface area contributed by atoms with Crippen molar-refractivity contribution in [2.75, 3.05) is 17.2 Å². The second kappa shape index (κ2) is 7.74. The molecule has 0 atom stereocenters. The summed E-state index contributed by atoms with van der Waals surface area (Å²) in [6.07, 6.45) is -2.24. The number of aromatic nitrogens is 3. The molecule has 30 heavy (non-hydrogen) atoms. The first-order valence-electron chi connectivity index (χ1n) is 9.31. The lowest BCUT2D eigenvalue weighted by Gasteiger charge is -2.29. The van der Waals surface area contributed by atoms with Gasteiger partial charge in [-0.3, -0.25) is 4.79 Å². The molecule has 1 aliphatic rings. The van der Waals surface area contributed by atoms with E-state index < -0.39 is 11.7 Å². The number of halogens is 3. The molecule has 0 fully saturated rings.